The van der Waals surface area contributed by atoms with E-state index in [1.54, 1.807) is 6.07 Å². The van der Waals surface area contributed by atoms with Gasteiger partial charge >= 0.3 is 6.03 Å². The minimum atomic E-state index is -0.288. The first-order chi connectivity index (χ1) is 12.7. The molecule has 0 aliphatic heterocycles. The van der Waals surface area contributed by atoms with Gasteiger partial charge in [-0.15, -0.1) is 5.10 Å². The normalized spacial score (nSPS) is 13.4. The quantitative estimate of drug-likeness (QED) is 0.719. The third kappa shape index (κ3) is 3.83. The van der Waals surface area contributed by atoms with Crippen molar-refractivity contribution in [3.05, 3.63) is 59.1 Å². The SMILES string of the molecule is O=C(NCc1cccc(Cl)c1)Nc1cccc(-c2nnnn2C2CC2)c1. The van der Waals surface area contributed by atoms with Crippen molar-refractivity contribution in [3.63, 3.8) is 0 Å². The predicted molar refractivity (Wildman–Crippen MR) is 98.8 cm³/mol. The highest BCUT2D eigenvalue weighted by molar-refractivity contribution is 6.30. The fourth-order valence-corrected chi connectivity index (χ4v) is 2.90. The molecule has 2 aromatic carbocycles. The lowest BCUT2D eigenvalue weighted by Crippen LogP contribution is -2.28. The average Bonchev–Trinajstić information content (AvgIpc) is 3.37. The molecule has 0 bridgehead atoms. The monoisotopic (exact) mass is 368 g/mol. The van der Waals surface area contributed by atoms with Crippen molar-refractivity contribution in [2.75, 3.05) is 5.32 Å². The Hall–Kier alpha value is -2.93. The Balaban J connectivity index is 1.42. The second kappa shape index (κ2) is 7.13. The van der Waals surface area contributed by atoms with Gasteiger partial charge in [0.15, 0.2) is 5.82 Å². The lowest BCUT2D eigenvalue weighted by atomic mass is 10.2. The zero-order chi connectivity index (χ0) is 17.9. The van der Waals surface area contributed by atoms with E-state index in [1.807, 2.05) is 47.1 Å². The van der Waals surface area contributed by atoms with Crippen molar-refractivity contribution >= 4 is 23.3 Å². The highest BCUT2D eigenvalue weighted by Crippen LogP contribution is 2.36. The number of urea groups is 1. The van der Waals surface area contributed by atoms with E-state index in [-0.39, 0.29) is 6.03 Å². The molecule has 4 rings (SSSR count). The zero-order valence-corrected chi connectivity index (χ0v) is 14.6. The third-order valence-electron chi connectivity index (χ3n) is 4.11. The second-order valence-corrected chi connectivity index (χ2v) is 6.63. The van der Waals surface area contributed by atoms with E-state index >= 15 is 0 Å². The third-order valence-corrected chi connectivity index (χ3v) is 4.34. The fraction of sp³-hybridized carbons (Fsp3) is 0.222. The molecule has 1 heterocycles. The molecule has 0 spiro atoms. The number of benzene rings is 2. The summed E-state index contributed by atoms with van der Waals surface area (Å²) in [5, 5.41) is 18.2. The number of hydrogen-bond acceptors (Lipinski definition) is 4. The Bertz CT molecular complexity index is 937. The molecule has 0 saturated heterocycles. The van der Waals surface area contributed by atoms with Crippen molar-refractivity contribution in [2.45, 2.75) is 25.4 Å². The number of tetrazole rings is 1. The molecule has 2 N–H and O–H groups in total. The van der Waals surface area contributed by atoms with E-state index in [9.17, 15) is 4.79 Å². The molecule has 0 radical (unpaired) electrons. The van der Waals surface area contributed by atoms with Crippen LogP contribution in [-0.4, -0.2) is 26.2 Å². The number of hydrogen-bond donors (Lipinski definition) is 2. The molecule has 1 aliphatic rings. The molecule has 1 fully saturated rings. The van der Waals surface area contributed by atoms with Crippen LogP contribution < -0.4 is 10.6 Å². The molecule has 26 heavy (non-hydrogen) atoms. The first kappa shape index (κ1) is 16.5. The molecule has 132 valence electrons. The molecule has 3 aromatic rings. The van der Waals surface area contributed by atoms with Gasteiger partial charge in [0.25, 0.3) is 0 Å². The Labute approximate surface area is 155 Å². The summed E-state index contributed by atoms with van der Waals surface area (Å²) in [6.07, 6.45) is 2.20. The van der Waals surface area contributed by atoms with Gasteiger partial charge < -0.3 is 10.6 Å². The fourth-order valence-electron chi connectivity index (χ4n) is 2.69. The smallest absolute Gasteiger partial charge is 0.319 e. The van der Waals surface area contributed by atoms with E-state index in [4.69, 9.17) is 11.6 Å². The van der Waals surface area contributed by atoms with Gasteiger partial charge in [0.05, 0.1) is 6.04 Å². The summed E-state index contributed by atoms with van der Waals surface area (Å²) in [6, 6.07) is 15.0. The molecule has 7 nitrogen and oxygen atoms in total. The van der Waals surface area contributed by atoms with Gasteiger partial charge in [0.1, 0.15) is 0 Å². The molecule has 0 unspecified atom stereocenters. The van der Waals surface area contributed by atoms with Crippen molar-refractivity contribution in [1.29, 1.82) is 0 Å². The minimum Gasteiger partial charge on any atom is -0.334 e. The topological polar surface area (TPSA) is 84.7 Å². The molecule has 8 heteroatoms. The van der Waals surface area contributed by atoms with E-state index in [2.05, 4.69) is 26.2 Å². The molecule has 1 saturated carbocycles. The second-order valence-electron chi connectivity index (χ2n) is 6.20. The standard InChI is InChI=1S/C18H17ClN6O/c19-14-5-1-3-12(9-14)11-20-18(26)21-15-6-2-4-13(10-15)17-22-23-24-25(17)16-7-8-16/h1-6,9-10,16H,7-8,11H2,(H2,20,21,26). The van der Waals surface area contributed by atoms with Crippen LogP contribution in [0.3, 0.4) is 0 Å². The van der Waals surface area contributed by atoms with Crippen LogP contribution in [0.2, 0.25) is 5.02 Å². The van der Waals surface area contributed by atoms with Gasteiger partial charge in [-0.2, -0.15) is 0 Å². The number of carbonyl (C=O) groups is 1. The van der Waals surface area contributed by atoms with Crippen LogP contribution in [0.1, 0.15) is 24.4 Å². The van der Waals surface area contributed by atoms with Gasteiger partial charge in [-0.05, 0) is 53.1 Å². The summed E-state index contributed by atoms with van der Waals surface area (Å²) in [4.78, 5) is 12.2. The van der Waals surface area contributed by atoms with Crippen LogP contribution in [0.25, 0.3) is 11.4 Å². The number of aromatic nitrogens is 4. The Morgan fingerprint density at radius 3 is 2.85 bits per heavy atom. The van der Waals surface area contributed by atoms with Crippen molar-refractivity contribution in [1.82, 2.24) is 25.5 Å². The summed E-state index contributed by atoms with van der Waals surface area (Å²) >= 11 is 5.95. The van der Waals surface area contributed by atoms with E-state index in [0.717, 1.165) is 29.8 Å². The van der Waals surface area contributed by atoms with Crippen molar-refractivity contribution < 1.29 is 4.79 Å². The van der Waals surface area contributed by atoms with E-state index in [1.165, 1.54) is 0 Å². The van der Waals surface area contributed by atoms with Crippen LogP contribution in [0.15, 0.2) is 48.5 Å². The number of halogens is 1. The summed E-state index contributed by atoms with van der Waals surface area (Å²) < 4.78 is 1.85. The highest BCUT2D eigenvalue weighted by Gasteiger charge is 2.28. The van der Waals surface area contributed by atoms with Gasteiger partial charge in [0.2, 0.25) is 0 Å². The molecule has 2 amide bonds. The van der Waals surface area contributed by atoms with Crippen LogP contribution in [0, 0.1) is 0 Å². The molecular weight excluding hydrogens is 352 g/mol. The van der Waals surface area contributed by atoms with Gasteiger partial charge in [-0.1, -0.05) is 35.9 Å². The maximum Gasteiger partial charge on any atom is 0.319 e. The van der Waals surface area contributed by atoms with Crippen molar-refractivity contribution in [3.8, 4) is 11.4 Å². The zero-order valence-electron chi connectivity index (χ0n) is 13.9. The van der Waals surface area contributed by atoms with Gasteiger partial charge in [0, 0.05) is 22.8 Å². The summed E-state index contributed by atoms with van der Waals surface area (Å²) in [5.74, 6) is 0.718. The van der Waals surface area contributed by atoms with Gasteiger partial charge in [-0.25, -0.2) is 9.48 Å². The van der Waals surface area contributed by atoms with Crippen molar-refractivity contribution in [2.24, 2.45) is 0 Å². The maximum atomic E-state index is 12.2. The minimum absolute atomic E-state index is 0.288. The lowest BCUT2D eigenvalue weighted by molar-refractivity contribution is 0.251. The average molecular weight is 369 g/mol. The van der Waals surface area contributed by atoms with E-state index < -0.39 is 0 Å². The Kier molecular flexibility index (Phi) is 4.53. The maximum absolute atomic E-state index is 12.2. The van der Waals surface area contributed by atoms with Crippen LogP contribution in [0.5, 0.6) is 0 Å². The van der Waals surface area contributed by atoms with E-state index in [0.29, 0.717) is 23.3 Å². The summed E-state index contributed by atoms with van der Waals surface area (Å²) in [6.45, 7) is 0.395. The number of nitrogens with zero attached hydrogens (tertiary/aromatic N) is 4. The van der Waals surface area contributed by atoms with Crippen LogP contribution >= 0.6 is 11.6 Å². The number of rotatable bonds is 5. The number of amides is 2. The molecule has 1 aromatic heterocycles. The predicted octanol–water partition coefficient (Wildman–Crippen LogP) is 3.65. The number of nitrogens with one attached hydrogen (secondary N) is 2. The lowest BCUT2D eigenvalue weighted by Gasteiger charge is -2.09. The largest absolute Gasteiger partial charge is 0.334 e. The molecular formula is C18H17ClN6O. The van der Waals surface area contributed by atoms with Gasteiger partial charge in [-0.3, -0.25) is 0 Å². The highest BCUT2D eigenvalue weighted by atomic mass is 35.5. The van der Waals surface area contributed by atoms with Crippen LogP contribution in [0.4, 0.5) is 10.5 Å². The molecule has 0 atom stereocenters. The van der Waals surface area contributed by atoms with Crippen LogP contribution in [-0.2, 0) is 6.54 Å². The Morgan fingerprint density at radius 2 is 2.04 bits per heavy atom. The molecule has 1 aliphatic carbocycles. The summed E-state index contributed by atoms with van der Waals surface area (Å²) in [7, 11) is 0. The first-order valence-corrected chi connectivity index (χ1v) is 8.74. The Morgan fingerprint density at radius 1 is 1.19 bits per heavy atom. The number of anilines is 1. The first-order valence-electron chi connectivity index (χ1n) is 8.36. The number of carbonyl (C=O) groups excluding carboxylic acids is 1. The summed E-state index contributed by atoms with van der Waals surface area (Å²) in [5.41, 5.74) is 2.48.